The molecular weight excluding hydrogens is 488 g/mol. The standard InChI is InChI=1S/C28H28N4O6/c1-17-24(25(35)29-15-23(33)34)27(36)32(20-7-3-2-4-8-20)28(37)31(17)16-18-11-13-19(14-12-18)26-30-21-9-5-6-10-22(21)38-26/h5-6,9-14,20,29,35H,1-4,7-8,15-16H2,(H,33,34). The fourth-order valence-electron chi connectivity index (χ4n) is 4.95. The maximum Gasteiger partial charge on any atom is 0.332 e. The summed E-state index contributed by atoms with van der Waals surface area (Å²) in [5.74, 6) is -1.35. The Labute approximate surface area is 216 Å². The van der Waals surface area contributed by atoms with Crippen molar-refractivity contribution in [3.63, 3.8) is 0 Å². The van der Waals surface area contributed by atoms with Gasteiger partial charge in [-0.2, -0.15) is 0 Å². The number of carboxylic acid groups (broad SMARTS) is 1. The fraction of sp³-hybridized carbons (Fsp3) is 0.286. The number of aliphatic hydroxyl groups excluding tert-OH is 1. The van der Waals surface area contributed by atoms with Gasteiger partial charge in [-0.1, -0.05) is 50.1 Å². The first-order valence-electron chi connectivity index (χ1n) is 12.5. The van der Waals surface area contributed by atoms with Crippen LogP contribution in [0.2, 0.25) is 0 Å². The first kappa shape index (κ1) is 25.1. The minimum Gasteiger partial charge on any atom is -0.494 e. The van der Waals surface area contributed by atoms with Crippen molar-refractivity contribution in [2.75, 3.05) is 6.54 Å². The SMILES string of the molecule is C=c1c(=C(O)NCC(=O)O)c(=O)n(C2CCCCC2)c(=O)n1Cc1ccc(-c2nc3ccccc3o2)cc1. The van der Waals surface area contributed by atoms with E-state index < -0.39 is 29.6 Å². The van der Waals surface area contributed by atoms with Crippen LogP contribution in [0.4, 0.5) is 0 Å². The van der Waals surface area contributed by atoms with Crippen molar-refractivity contribution in [3.8, 4) is 11.5 Å². The molecule has 1 saturated carbocycles. The summed E-state index contributed by atoms with van der Waals surface area (Å²) in [7, 11) is 0. The van der Waals surface area contributed by atoms with Crippen LogP contribution >= 0.6 is 0 Å². The average Bonchev–Trinajstić information content (AvgIpc) is 3.35. The highest BCUT2D eigenvalue weighted by Gasteiger charge is 2.22. The molecule has 2 aromatic heterocycles. The molecule has 10 heteroatoms. The van der Waals surface area contributed by atoms with Crippen molar-refractivity contribution in [3.05, 3.63) is 85.5 Å². The highest BCUT2D eigenvalue weighted by atomic mass is 16.4. The van der Waals surface area contributed by atoms with Crippen molar-refractivity contribution in [2.45, 2.75) is 44.7 Å². The van der Waals surface area contributed by atoms with Gasteiger partial charge >= 0.3 is 11.7 Å². The van der Waals surface area contributed by atoms with Crippen molar-refractivity contribution in [1.29, 1.82) is 0 Å². The molecular formula is C28H28N4O6. The Balaban J connectivity index is 1.56. The number of nitrogens with one attached hydrogen (secondary N) is 1. The van der Waals surface area contributed by atoms with Gasteiger partial charge in [0, 0.05) is 11.6 Å². The van der Waals surface area contributed by atoms with Crippen LogP contribution in [0.25, 0.3) is 35.0 Å². The Morgan fingerprint density at radius 3 is 2.45 bits per heavy atom. The number of para-hydroxylation sites is 2. The summed E-state index contributed by atoms with van der Waals surface area (Å²) in [5.41, 5.74) is 1.78. The molecule has 2 heterocycles. The number of hydrogen-bond donors (Lipinski definition) is 3. The molecule has 0 saturated heterocycles. The van der Waals surface area contributed by atoms with Gasteiger partial charge in [0.05, 0.1) is 11.9 Å². The second kappa shape index (κ2) is 10.4. The molecule has 0 bridgehead atoms. The number of rotatable bonds is 7. The predicted octanol–water partition coefficient (Wildman–Crippen LogP) is 2.08. The molecule has 0 spiro atoms. The number of aliphatic carboxylic acids is 1. The molecule has 5 rings (SSSR count). The largest absolute Gasteiger partial charge is 0.494 e. The Bertz CT molecular complexity index is 1690. The van der Waals surface area contributed by atoms with Gasteiger partial charge in [-0.15, -0.1) is 0 Å². The second-order valence-corrected chi connectivity index (χ2v) is 9.44. The summed E-state index contributed by atoms with van der Waals surface area (Å²) in [4.78, 5) is 42.5. The number of aliphatic hydroxyl groups is 1. The lowest BCUT2D eigenvalue weighted by Gasteiger charge is -2.24. The number of nitrogens with zero attached hydrogens (tertiary/aromatic N) is 3. The minimum atomic E-state index is -1.21. The Morgan fingerprint density at radius 1 is 1.05 bits per heavy atom. The van der Waals surface area contributed by atoms with E-state index in [1.54, 1.807) is 0 Å². The number of aromatic nitrogens is 3. The molecule has 1 aliphatic rings. The first-order valence-corrected chi connectivity index (χ1v) is 12.5. The molecule has 10 nitrogen and oxygen atoms in total. The van der Waals surface area contributed by atoms with Gasteiger partial charge in [-0.3, -0.25) is 18.7 Å². The van der Waals surface area contributed by atoms with Crippen LogP contribution in [0.5, 0.6) is 0 Å². The van der Waals surface area contributed by atoms with Crippen LogP contribution in [0.1, 0.15) is 43.7 Å². The molecule has 0 aliphatic heterocycles. The molecule has 1 aliphatic carbocycles. The molecule has 0 atom stereocenters. The molecule has 0 radical (unpaired) electrons. The van der Waals surface area contributed by atoms with Crippen LogP contribution in [0.3, 0.4) is 0 Å². The summed E-state index contributed by atoms with van der Waals surface area (Å²) < 4.78 is 8.37. The zero-order chi connectivity index (χ0) is 26.8. The molecule has 4 aromatic rings. The summed E-state index contributed by atoms with van der Waals surface area (Å²) in [5, 5.41) is 21.7. The van der Waals surface area contributed by atoms with Gasteiger partial charge in [0.1, 0.15) is 17.3 Å². The molecule has 0 amide bonds. The highest BCUT2D eigenvalue weighted by molar-refractivity contribution is 5.76. The fourth-order valence-corrected chi connectivity index (χ4v) is 4.95. The van der Waals surface area contributed by atoms with Gasteiger partial charge < -0.3 is 19.9 Å². The maximum absolute atomic E-state index is 13.6. The third kappa shape index (κ3) is 4.84. The van der Waals surface area contributed by atoms with Gasteiger partial charge in [-0.25, -0.2) is 9.78 Å². The normalized spacial score (nSPS) is 14.9. The smallest absolute Gasteiger partial charge is 0.332 e. The highest BCUT2D eigenvalue weighted by Crippen LogP contribution is 2.26. The van der Waals surface area contributed by atoms with Crippen molar-refractivity contribution < 1.29 is 19.4 Å². The summed E-state index contributed by atoms with van der Waals surface area (Å²) in [6.45, 7) is 3.42. The van der Waals surface area contributed by atoms with Crippen LogP contribution < -0.4 is 27.1 Å². The van der Waals surface area contributed by atoms with Gasteiger partial charge in [0.25, 0.3) is 5.56 Å². The number of benzene rings is 2. The lowest BCUT2D eigenvalue weighted by atomic mass is 9.95. The molecule has 0 unspecified atom stereocenters. The maximum atomic E-state index is 13.6. The summed E-state index contributed by atoms with van der Waals surface area (Å²) in [6, 6.07) is 14.5. The van der Waals surface area contributed by atoms with Crippen LogP contribution in [-0.2, 0) is 11.3 Å². The third-order valence-corrected chi connectivity index (χ3v) is 6.90. The van der Waals surface area contributed by atoms with Gasteiger partial charge in [0.15, 0.2) is 11.5 Å². The van der Waals surface area contributed by atoms with E-state index in [9.17, 15) is 19.5 Å². The van der Waals surface area contributed by atoms with Crippen LogP contribution in [-0.4, -0.2) is 36.8 Å². The van der Waals surface area contributed by atoms with Crippen molar-refractivity contribution in [1.82, 2.24) is 19.4 Å². The monoisotopic (exact) mass is 516 g/mol. The topological polar surface area (TPSA) is 140 Å². The number of carboxylic acids is 1. The molecule has 1 fully saturated rings. The van der Waals surface area contributed by atoms with Crippen LogP contribution in [0.15, 0.2) is 62.5 Å². The number of hydrogen-bond acceptors (Lipinski definition) is 7. The van der Waals surface area contributed by atoms with Crippen molar-refractivity contribution >= 4 is 29.5 Å². The van der Waals surface area contributed by atoms with Crippen molar-refractivity contribution in [2.24, 2.45) is 0 Å². The summed E-state index contributed by atoms with van der Waals surface area (Å²) >= 11 is 0. The number of carbonyl (C=O) groups is 1. The van der Waals surface area contributed by atoms with E-state index in [0.29, 0.717) is 24.3 Å². The average molecular weight is 517 g/mol. The van der Waals surface area contributed by atoms with E-state index in [4.69, 9.17) is 9.52 Å². The Hall–Kier alpha value is -4.60. The van der Waals surface area contributed by atoms with E-state index in [1.165, 1.54) is 9.13 Å². The molecule has 38 heavy (non-hydrogen) atoms. The molecule has 3 N–H and O–H groups in total. The van der Waals surface area contributed by atoms with E-state index in [0.717, 1.165) is 35.9 Å². The quantitative estimate of drug-likeness (QED) is 0.339. The second-order valence-electron chi connectivity index (χ2n) is 9.44. The first-order chi connectivity index (χ1) is 18.3. The zero-order valence-electron chi connectivity index (χ0n) is 20.7. The number of oxazole rings is 1. The van der Waals surface area contributed by atoms with E-state index >= 15 is 0 Å². The van der Waals surface area contributed by atoms with Gasteiger partial charge in [0.2, 0.25) is 5.89 Å². The van der Waals surface area contributed by atoms with E-state index in [-0.39, 0.29) is 23.2 Å². The zero-order valence-corrected chi connectivity index (χ0v) is 20.7. The molecule has 2 aromatic carbocycles. The Morgan fingerprint density at radius 2 is 1.76 bits per heavy atom. The minimum absolute atomic E-state index is 0.00507. The van der Waals surface area contributed by atoms with E-state index in [2.05, 4.69) is 16.9 Å². The third-order valence-electron chi connectivity index (χ3n) is 6.90. The lowest BCUT2D eigenvalue weighted by Crippen LogP contribution is -2.60. The predicted molar refractivity (Wildman–Crippen MR) is 142 cm³/mol. The van der Waals surface area contributed by atoms with E-state index in [1.807, 2.05) is 48.5 Å². The van der Waals surface area contributed by atoms with Crippen LogP contribution in [0, 0.1) is 0 Å². The summed E-state index contributed by atoms with van der Waals surface area (Å²) in [6.07, 6.45) is 4.16. The lowest BCUT2D eigenvalue weighted by molar-refractivity contribution is -0.135. The number of fused-ring (bicyclic) bond motifs is 1. The van der Waals surface area contributed by atoms with Gasteiger partial charge in [-0.05, 0) is 42.7 Å². The molecule has 196 valence electrons. The Kier molecular flexibility index (Phi) is 6.87.